The Morgan fingerprint density at radius 2 is 2.10 bits per heavy atom. The Kier molecular flexibility index (Phi) is 6.55. The fraction of sp³-hybridized carbons (Fsp3) is 0.750. The predicted octanol–water partition coefficient (Wildman–Crippen LogP) is 1.09. The summed E-state index contributed by atoms with van der Waals surface area (Å²) in [5, 5.41) is 17.2. The van der Waals surface area contributed by atoms with E-state index in [1.165, 1.54) is 0 Å². The molecule has 2 heteroatoms. The Bertz CT molecular complexity index is 87.3. The molecule has 0 spiro atoms. The first kappa shape index (κ1) is 9.66. The monoisotopic (exact) mass is 144 g/mol. The van der Waals surface area contributed by atoms with Gasteiger partial charge in [-0.05, 0) is 26.2 Å². The van der Waals surface area contributed by atoms with Crippen LogP contribution in [0.3, 0.4) is 0 Å². The fourth-order valence-corrected chi connectivity index (χ4v) is 0.724. The van der Waals surface area contributed by atoms with Crippen LogP contribution >= 0.6 is 0 Å². The van der Waals surface area contributed by atoms with Gasteiger partial charge in [0.1, 0.15) is 0 Å². The maximum atomic E-state index is 8.84. The summed E-state index contributed by atoms with van der Waals surface area (Å²) in [4.78, 5) is 0. The van der Waals surface area contributed by atoms with Crippen LogP contribution in [-0.2, 0) is 0 Å². The first-order valence-corrected chi connectivity index (χ1v) is 3.71. The van der Waals surface area contributed by atoms with E-state index in [-0.39, 0.29) is 12.7 Å². The van der Waals surface area contributed by atoms with Crippen LogP contribution in [0.4, 0.5) is 0 Å². The van der Waals surface area contributed by atoms with Crippen LogP contribution in [0.25, 0.3) is 0 Å². The van der Waals surface area contributed by atoms with Gasteiger partial charge in [-0.25, -0.2) is 0 Å². The van der Waals surface area contributed by atoms with E-state index in [0.717, 1.165) is 19.3 Å². The van der Waals surface area contributed by atoms with Gasteiger partial charge in [-0.2, -0.15) is 0 Å². The molecular weight excluding hydrogens is 128 g/mol. The van der Waals surface area contributed by atoms with Gasteiger partial charge >= 0.3 is 0 Å². The molecule has 60 valence electrons. The van der Waals surface area contributed by atoms with Gasteiger partial charge < -0.3 is 10.2 Å². The maximum Gasteiger partial charge on any atom is 0.0612 e. The van der Waals surface area contributed by atoms with E-state index in [9.17, 15) is 0 Å². The van der Waals surface area contributed by atoms with Crippen LogP contribution in [-0.4, -0.2) is 22.9 Å². The second kappa shape index (κ2) is 6.78. The van der Waals surface area contributed by atoms with Crippen molar-refractivity contribution in [1.29, 1.82) is 0 Å². The lowest BCUT2D eigenvalue weighted by Gasteiger charge is -1.99. The number of hydrogen-bond acceptors (Lipinski definition) is 2. The van der Waals surface area contributed by atoms with Gasteiger partial charge in [0.2, 0.25) is 0 Å². The summed E-state index contributed by atoms with van der Waals surface area (Å²) < 4.78 is 0. The van der Waals surface area contributed by atoms with Gasteiger partial charge in [-0.3, -0.25) is 0 Å². The summed E-state index contributed by atoms with van der Waals surface area (Å²) in [6, 6.07) is 0. The number of rotatable bonds is 5. The first-order chi connectivity index (χ1) is 4.77. The van der Waals surface area contributed by atoms with Crippen molar-refractivity contribution in [2.24, 2.45) is 0 Å². The van der Waals surface area contributed by atoms with Crippen molar-refractivity contribution in [3.8, 4) is 0 Å². The lowest BCUT2D eigenvalue weighted by atomic mass is 10.2. The van der Waals surface area contributed by atoms with Gasteiger partial charge in [-0.15, -0.1) is 0 Å². The third kappa shape index (κ3) is 7.66. The van der Waals surface area contributed by atoms with Crippen LogP contribution in [0.5, 0.6) is 0 Å². The second-order valence-corrected chi connectivity index (χ2v) is 2.43. The molecule has 0 heterocycles. The minimum absolute atomic E-state index is 0.120. The van der Waals surface area contributed by atoms with E-state index in [1.54, 1.807) is 13.0 Å². The zero-order valence-electron chi connectivity index (χ0n) is 6.45. The normalized spacial score (nSPS) is 14.3. The van der Waals surface area contributed by atoms with Crippen molar-refractivity contribution in [2.45, 2.75) is 32.3 Å². The average molecular weight is 144 g/mol. The number of aliphatic hydroxyl groups excluding tert-OH is 2. The number of unbranched alkanes of at least 4 members (excludes halogenated alkanes) is 1. The van der Waals surface area contributed by atoms with Gasteiger partial charge in [0, 0.05) is 0 Å². The van der Waals surface area contributed by atoms with Crippen molar-refractivity contribution >= 4 is 0 Å². The minimum Gasteiger partial charge on any atom is -0.393 e. The zero-order valence-corrected chi connectivity index (χ0v) is 6.45. The number of allylic oxidation sites excluding steroid dienone is 1. The molecule has 0 rings (SSSR count). The molecule has 1 unspecified atom stereocenters. The lowest BCUT2D eigenvalue weighted by Crippen LogP contribution is -1.97. The Morgan fingerprint density at radius 3 is 2.60 bits per heavy atom. The molecule has 0 aromatic carbocycles. The van der Waals surface area contributed by atoms with Crippen LogP contribution < -0.4 is 0 Å². The Morgan fingerprint density at radius 1 is 1.40 bits per heavy atom. The quantitative estimate of drug-likeness (QED) is 0.448. The maximum absolute atomic E-state index is 8.84. The van der Waals surface area contributed by atoms with E-state index < -0.39 is 0 Å². The average Bonchev–Trinajstić information content (AvgIpc) is 1.87. The summed E-state index contributed by atoms with van der Waals surface area (Å²) in [5.74, 6) is 0. The highest BCUT2D eigenvalue weighted by Gasteiger charge is 1.91. The van der Waals surface area contributed by atoms with Gasteiger partial charge in [-0.1, -0.05) is 12.2 Å². The van der Waals surface area contributed by atoms with E-state index in [2.05, 4.69) is 0 Å². The molecule has 0 aromatic heterocycles. The topological polar surface area (TPSA) is 40.5 Å². The Labute approximate surface area is 62.2 Å². The molecule has 0 fully saturated rings. The molecule has 0 aliphatic carbocycles. The third-order valence-electron chi connectivity index (χ3n) is 1.26. The number of aliphatic hydroxyl groups is 2. The Balaban J connectivity index is 2.97. The van der Waals surface area contributed by atoms with Crippen molar-refractivity contribution < 1.29 is 10.2 Å². The summed E-state index contributed by atoms with van der Waals surface area (Å²) in [6.07, 6.45) is 6.25. The largest absolute Gasteiger partial charge is 0.393 e. The highest BCUT2D eigenvalue weighted by atomic mass is 16.3. The zero-order chi connectivity index (χ0) is 7.82. The van der Waals surface area contributed by atoms with E-state index in [4.69, 9.17) is 10.2 Å². The molecule has 0 radical (unpaired) electrons. The van der Waals surface area contributed by atoms with Gasteiger partial charge in [0.15, 0.2) is 0 Å². The van der Waals surface area contributed by atoms with Crippen molar-refractivity contribution in [1.82, 2.24) is 0 Å². The highest BCUT2D eigenvalue weighted by Crippen LogP contribution is 1.99. The third-order valence-corrected chi connectivity index (χ3v) is 1.26. The van der Waals surface area contributed by atoms with Crippen LogP contribution in [0.2, 0.25) is 0 Å². The molecule has 0 saturated carbocycles. The van der Waals surface area contributed by atoms with Crippen LogP contribution in [0.15, 0.2) is 12.2 Å². The van der Waals surface area contributed by atoms with Gasteiger partial charge in [0.05, 0.1) is 12.7 Å². The molecule has 10 heavy (non-hydrogen) atoms. The van der Waals surface area contributed by atoms with E-state index in [1.807, 2.05) is 6.08 Å². The molecule has 2 N–H and O–H groups in total. The molecule has 0 aromatic rings. The molecule has 2 nitrogen and oxygen atoms in total. The fourth-order valence-electron chi connectivity index (χ4n) is 0.724. The summed E-state index contributed by atoms with van der Waals surface area (Å²) in [5.41, 5.74) is 0. The molecule has 0 saturated heterocycles. The van der Waals surface area contributed by atoms with Crippen molar-refractivity contribution in [3.63, 3.8) is 0 Å². The van der Waals surface area contributed by atoms with Crippen LogP contribution in [0, 0.1) is 0 Å². The number of hydrogen-bond donors (Lipinski definition) is 2. The van der Waals surface area contributed by atoms with E-state index in [0.29, 0.717) is 0 Å². The Hall–Kier alpha value is -0.340. The molecule has 0 bridgehead atoms. The first-order valence-electron chi connectivity index (χ1n) is 3.71. The molecular formula is C8H16O2. The molecule has 0 amide bonds. The predicted molar refractivity (Wildman–Crippen MR) is 41.8 cm³/mol. The second-order valence-electron chi connectivity index (χ2n) is 2.43. The van der Waals surface area contributed by atoms with Crippen LogP contribution in [0.1, 0.15) is 26.2 Å². The summed E-state index contributed by atoms with van der Waals surface area (Å²) in [6.45, 7) is 1.91. The molecule has 0 aliphatic rings. The summed E-state index contributed by atoms with van der Waals surface area (Å²) in [7, 11) is 0. The van der Waals surface area contributed by atoms with Gasteiger partial charge in [0.25, 0.3) is 0 Å². The smallest absolute Gasteiger partial charge is 0.0612 e. The lowest BCUT2D eigenvalue weighted by molar-refractivity contribution is 0.182. The standard InChI is InChI=1S/C8H16O2/c1-8(10)6-4-2-3-5-7-9/h3,5,8-10H,2,4,6-7H2,1H3. The SMILES string of the molecule is CC(O)CCCC=CCO. The van der Waals surface area contributed by atoms with Crippen molar-refractivity contribution in [2.75, 3.05) is 6.61 Å². The molecule has 0 aliphatic heterocycles. The minimum atomic E-state index is -0.192. The highest BCUT2D eigenvalue weighted by molar-refractivity contribution is 4.80. The van der Waals surface area contributed by atoms with E-state index >= 15 is 0 Å². The summed E-state index contributed by atoms with van der Waals surface area (Å²) >= 11 is 0. The molecule has 1 atom stereocenters. The van der Waals surface area contributed by atoms with Crippen molar-refractivity contribution in [3.05, 3.63) is 12.2 Å².